The van der Waals surface area contributed by atoms with Crippen molar-refractivity contribution in [1.82, 2.24) is 0 Å². The minimum Gasteiger partial charge on any atom is -0.479 e. The number of aliphatic carboxylic acids is 1. The summed E-state index contributed by atoms with van der Waals surface area (Å²) >= 11 is 0. The first-order valence-electron chi connectivity index (χ1n) is 27.9. The van der Waals surface area contributed by atoms with Crippen molar-refractivity contribution in [3.63, 3.8) is 0 Å². The van der Waals surface area contributed by atoms with Gasteiger partial charge in [-0.2, -0.15) is 0 Å². The van der Waals surface area contributed by atoms with Crippen molar-refractivity contribution in [3.8, 4) is 0 Å². The van der Waals surface area contributed by atoms with E-state index in [-0.39, 0.29) is 25.9 Å². The molecule has 0 amide bonds. The number of rotatable bonds is 45. The van der Waals surface area contributed by atoms with Crippen LogP contribution in [0.4, 0.5) is 0 Å². The van der Waals surface area contributed by atoms with Gasteiger partial charge in [-0.05, 0) is 83.5 Å². The average molecular weight is 1020 g/mol. The molecule has 12 nitrogen and oxygen atoms in total. The number of carboxylic acid groups (broad SMARTS) is 1. The highest BCUT2D eigenvalue weighted by molar-refractivity contribution is 5.74. The van der Waals surface area contributed by atoms with Crippen LogP contribution in [0.5, 0.6) is 0 Å². The van der Waals surface area contributed by atoms with Crippen LogP contribution < -0.4 is 0 Å². The molecule has 0 bridgehead atoms. The van der Waals surface area contributed by atoms with Crippen LogP contribution in [0.15, 0.2) is 109 Å². The van der Waals surface area contributed by atoms with Crippen LogP contribution in [0.25, 0.3) is 0 Å². The van der Waals surface area contributed by atoms with Crippen molar-refractivity contribution in [1.29, 1.82) is 0 Å². The summed E-state index contributed by atoms with van der Waals surface area (Å²) in [5.74, 6) is -3.32. The second kappa shape index (κ2) is 48.3. The van der Waals surface area contributed by atoms with E-state index < -0.39 is 67.3 Å². The lowest BCUT2D eigenvalue weighted by molar-refractivity contribution is -0.301. The molecule has 1 aliphatic heterocycles. The van der Waals surface area contributed by atoms with Crippen LogP contribution in [0, 0.1) is 0 Å². The number of carbonyl (C=O) groups excluding carboxylic acids is 3. The van der Waals surface area contributed by atoms with Crippen LogP contribution in [0.2, 0.25) is 0 Å². The fourth-order valence-corrected chi connectivity index (χ4v) is 7.65. The molecule has 12 heteroatoms. The van der Waals surface area contributed by atoms with Gasteiger partial charge < -0.3 is 39.0 Å². The lowest BCUT2D eigenvalue weighted by Crippen LogP contribution is -2.61. The van der Waals surface area contributed by atoms with Crippen LogP contribution in [-0.4, -0.2) is 89.2 Å². The van der Waals surface area contributed by atoms with E-state index in [1.807, 2.05) is 24.3 Å². The van der Waals surface area contributed by atoms with Crippen LogP contribution in [0.1, 0.15) is 201 Å². The third kappa shape index (κ3) is 38.6. The van der Waals surface area contributed by atoms with Gasteiger partial charge in [-0.15, -0.1) is 0 Å². The largest absolute Gasteiger partial charge is 0.479 e. The molecule has 0 aromatic carbocycles. The van der Waals surface area contributed by atoms with Gasteiger partial charge in [-0.3, -0.25) is 14.4 Å². The molecule has 0 radical (unpaired) electrons. The summed E-state index contributed by atoms with van der Waals surface area (Å²) in [5, 5.41) is 31.4. The number of carbonyl (C=O) groups is 4. The monoisotopic (exact) mass is 1020 g/mol. The maximum Gasteiger partial charge on any atom is 0.335 e. The number of carboxylic acids is 1. The Kier molecular flexibility index (Phi) is 44.0. The first-order chi connectivity index (χ1) is 35.6. The van der Waals surface area contributed by atoms with Gasteiger partial charge in [0.15, 0.2) is 24.6 Å². The van der Waals surface area contributed by atoms with E-state index in [1.165, 1.54) is 51.4 Å². The molecule has 412 valence electrons. The molecule has 73 heavy (non-hydrogen) atoms. The molecule has 1 rings (SSSR count). The van der Waals surface area contributed by atoms with Crippen LogP contribution in [0.3, 0.4) is 0 Å². The minimum atomic E-state index is -1.92. The minimum absolute atomic E-state index is 0.0251. The van der Waals surface area contributed by atoms with E-state index >= 15 is 0 Å². The number of allylic oxidation sites excluding steroid dienone is 18. The van der Waals surface area contributed by atoms with Gasteiger partial charge >= 0.3 is 23.9 Å². The fourth-order valence-electron chi connectivity index (χ4n) is 7.65. The molecule has 1 saturated heterocycles. The Hall–Kier alpha value is -4.62. The molecular weight excluding hydrogens is 925 g/mol. The first kappa shape index (κ1) is 66.4. The maximum atomic E-state index is 13.1. The van der Waals surface area contributed by atoms with Gasteiger partial charge in [0.2, 0.25) is 0 Å². The van der Waals surface area contributed by atoms with E-state index in [0.29, 0.717) is 32.1 Å². The molecule has 0 spiro atoms. The van der Waals surface area contributed by atoms with E-state index in [9.17, 15) is 34.5 Å². The average Bonchev–Trinajstić information content (AvgIpc) is 3.37. The Morgan fingerprint density at radius 3 is 1.36 bits per heavy atom. The van der Waals surface area contributed by atoms with E-state index in [1.54, 1.807) is 0 Å². The molecule has 1 aliphatic rings. The summed E-state index contributed by atoms with van der Waals surface area (Å²) < 4.78 is 28.2. The Bertz CT molecular complexity index is 1690. The Morgan fingerprint density at radius 2 is 0.890 bits per heavy atom. The van der Waals surface area contributed by atoms with Crippen molar-refractivity contribution in [2.75, 3.05) is 13.2 Å². The smallest absolute Gasteiger partial charge is 0.335 e. The SMILES string of the molecule is CC/C=C\C/C=C\C/C=C\C/C=C\C/C=C\CCCC(=O)OCC(COC1OC(C(=O)O)C(O)C(O)C1OC(=O)CCCCCCCCCCCCCCC)OC(=O)CC/C=C\C/C=C\C/C=C\C/C=C\CC. The number of hydrogen-bond acceptors (Lipinski definition) is 11. The summed E-state index contributed by atoms with van der Waals surface area (Å²) in [6, 6.07) is 0. The number of aliphatic hydroxyl groups excluding tert-OH is 2. The summed E-state index contributed by atoms with van der Waals surface area (Å²) in [6.45, 7) is 5.62. The van der Waals surface area contributed by atoms with E-state index in [4.69, 9.17) is 23.7 Å². The Labute approximate surface area is 440 Å². The van der Waals surface area contributed by atoms with Gasteiger partial charge in [0, 0.05) is 19.3 Å². The summed E-state index contributed by atoms with van der Waals surface area (Å²) in [4.78, 5) is 50.9. The van der Waals surface area contributed by atoms with Crippen molar-refractivity contribution in [2.24, 2.45) is 0 Å². The van der Waals surface area contributed by atoms with Gasteiger partial charge in [0.25, 0.3) is 0 Å². The Balaban J connectivity index is 2.79. The van der Waals surface area contributed by atoms with Crippen molar-refractivity contribution in [2.45, 2.75) is 237 Å². The van der Waals surface area contributed by atoms with Crippen LogP contribution >= 0.6 is 0 Å². The van der Waals surface area contributed by atoms with Gasteiger partial charge in [0.05, 0.1) is 6.61 Å². The third-order valence-electron chi connectivity index (χ3n) is 11.9. The molecule has 0 aliphatic carbocycles. The normalized spacial score (nSPS) is 19.2. The molecule has 3 N–H and O–H groups in total. The van der Waals surface area contributed by atoms with Gasteiger partial charge in [0.1, 0.15) is 18.8 Å². The highest BCUT2D eigenvalue weighted by Gasteiger charge is 2.50. The second-order valence-electron chi connectivity index (χ2n) is 18.5. The third-order valence-corrected chi connectivity index (χ3v) is 11.9. The molecule has 0 aromatic rings. The summed E-state index contributed by atoms with van der Waals surface area (Å²) in [6.07, 6.45) is 52.4. The highest BCUT2D eigenvalue weighted by atomic mass is 16.7. The lowest BCUT2D eigenvalue weighted by atomic mass is 9.98. The molecule has 1 heterocycles. The number of hydrogen-bond donors (Lipinski definition) is 3. The number of unbranched alkanes of at least 4 members (excludes halogenated alkanes) is 13. The predicted octanol–water partition coefficient (Wildman–Crippen LogP) is 13.9. The summed E-state index contributed by atoms with van der Waals surface area (Å²) in [7, 11) is 0. The predicted molar refractivity (Wildman–Crippen MR) is 294 cm³/mol. The molecule has 6 atom stereocenters. The second-order valence-corrected chi connectivity index (χ2v) is 18.5. The molecule has 0 aromatic heterocycles. The van der Waals surface area contributed by atoms with Gasteiger partial charge in [-0.1, -0.05) is 207 Å². The number of aliphatic hydroxyl groups is 2. The lowest BCUT2D eigenvalue weighted by Gasteiger charge is -2.40. The maximum absolute atomic E-state index is 13.1. The Morgan fingerprint density at radius 1 is 0.466 bits per heavy atom. The van der Waals surface area contributed by atoms with E-state index in [0.717, 1.165) is 77.0 Å². The van der Waals surface area contributed by atoms with Crippen molar-refractivity contribution >= 4 is 23.9 Å². The zero-order valence-electron chi connectivity index (χ0n) is 45.1. The van der Waals surface area contributed by atoms with Crippen molar-refractivity contribution in [3.05, 3.63) is 109 Å². The van der Waals surface area contributed by atoms with Gasteiger partial charge in [-0.25, -0.2) is 4.79 Å². The quantitative estimate of drug-likeness (QED) is 0.0228. The first-order valence-corrected chi connectivity index (χ1v) is 27.9. The fraction of sp³-hybridized carbons (Fsp3) is 0.639. The summed E-state index contributed by atoms with van der Waals surface area (Å²) in [5.41, 5.74) is 0. The topological polar surface area (TPSA) is 175 Å². The molecule has 0 saturated carbocycles. The zero-order valence-corrected chi connectivity index (χ0v) is 45.1. The number of esters is 3. The molecular formula is C61H96O12. The van der Waals surface area contributed by atoms with Crippen LogP contribution in [-0.2, 0) is 42.9 Å². The standard InChI is InChI=1S/C61H96O12/c1-4-7-10-13-16-19-22-25-26-27-28-31-32-35-38-41-44-47-53(62)69-50-52(71-54(63)48-45-42-39-36-33-29-23-20-17-14-11-8-5-2)51-70-61-59(57(66)56(65)58(73-61)60(67)68)72-55(64)49-46-43-40-37-34-30-24-21-18-15-12-9-6-3/h7-8,10-11,16-17,19-20,25-26,28-29,31,33,35,38-39,42,52,56-59,61,65-66H,4-6,9,12-15,18,21-24,27,30,32,34,36-37,40-41,43-51H2,1-3H3,(H,67,68)/b10-7-,11-8-,19-16-,20-17-,26-25-,31-28-,33-29-,38-35-,42-39-. The highest BCUT2D eigenvalue weighted by Crippen LogP contribution is 2.26. The zero-order chi connectivity index (χ0) is 53.3. The molecule has 1 fully saturated rings. The van der Waals surface area contributed by atoms with E-state index in [2.05, 4.69) is 106 Å². The molecule has 6 unspecified atom stereocenters. The number of ether oxygens (including phenoxy) is 5. The van der Waals surface area contributed by atoms with Crippen molar-refractivity contribution < 1.29 is 58.2 Å².